The Balaban J connectivity index is 0.00000240. The molecule has 22 heteroatoms. The number of benzene rings is 2. The lowest BCUT2D eigenvalue weighted by molar-refractivity contribution is -0.153. The first-order valence-electron chi connectivity index (χ1n) is 22.0. The first-order chi connectivity index (χ1) is 32.0. The van der Waals surface area contributed by atoms with Crippen molar-refractivity contribution < 1.29 is 47.8 Å². The van der Waals surface area contributed by atoms with Gasteiger partial charge in [0.15, 0.2) is 5.11 Å². The van der Waals surface area contributed by atoms with Crippen molar-refractivity contribution >= 4 is 75.7 Å². The zero-order chi connectivity index (χ0) is 48.3. The van der Waals surface area contributed by atoms with Crippen molar-refractivity contribution in [1.29, 1.82) is 5.26 Å². The molecule has 0 aliphatic carbocycles. The van der Waals surface area contributed by atoms with Crippen LogP contribution in [-0.2, 0) is 30.5 Å². The van der Waals surface area contributed by atoms with E-state index in [4.69, 9.17) is 22.1 Å². The molecule has 19 nitrogen and oxygen atoms in total. The van der Waals surface area contributed by atoms with Gasteiger partial charge in [-0.2, -0.15) is 5.26 Å². The SMILES string of the molecule is CCN1CCN(CC(=O)O)CCN(Cc2ccc(NC(=S)N3CC4(CN(C(=O)CCC(=O)Nc5cccc6c(C(=O)NCC(=O)N7CC(F)(F)CC7C#N)ccnc56)C4)C3)cc2)CC1.O=CO. The van der Waals surface area contributed by atoms with E-state index in [0.29, 0.717) is 54.4 Å². The number of amides is 4. The molecule has 4 amide bonds. The van der Waals surface area contributed by atoms with Gasteiger partial charge in [-0.15, -0.1) is 0 Å². The molecule has 4 saturated heterocycles. The average molecular weight is 948 g/mol. The van der Waals surface area contributed by atoms with Crippen LogP contribution < -0.4 is 16.0 Å². The van der Waals surface area contributed by atoms with E-state index in [-0.39, 0.29) is 42.7 Å². The second kappa shape index (κ2) is 22.4. The number of alkyl halides is 2. The van der Waals surface area contributed by atoms with Crippen molar-refractivity contribution in [2.24, 2.45) is 5.41 Å². The van der Waals surface area contributed by atoms with Crippen LogP contribution in [0, 0.1) is 16.7 Å². The van der Waals surface area contributed by atoms with Gasteiger partial charge in [0.25, 0.3) is 18.3 Å². The van der Waals surface area contributed by atoms with Gasteiger partial charge < -0.3 is 45.8 Å². The highest BCUT2D eigenvalue weighted by molar-refractivity contribution is 7.80. The normalized spacial score (nSPS) is 19.3. The Labute approximate surface area is 391 Å². The van der Waals surface area contributed by atoms with Gasteiger partial charge in [-0.3, -0.25) is 43.6 Å². The van der Waals surface area contributed by atoms with E-state index >= 15 is 0 Å². The molecule has 0 bridgehead atoms. The Morgan fingerprint density at radius 3 is 2.16 bits per heavy atom. The van der Waals surface area contributed by atoms with Crippen molar-refractivity contribution in [1.82, 2.24) is 39.7 Å². The number of hydrogen-bond acceptors (Lipinski definition) is 12. The maximum atomic E-state index is 13.8. The minimum atomic E-state index is -3.18. The molecule has 4 aliphatic rings. The molecule has 4 fully saturated rings. The summed E-state index contributed by atoms with van der Waals surface area (Å²) in [5, 5.41) is 35.0. The van der Waals surface area contributed by atoms with Crippen LogP contribution in [0.1, 0.15) is 42.1 Å². The fourth-order valence-corrected chi connectivity index (χ4v) is 9.07. The number of fused-ring (bicyclic) bond motifs is 1. The van der Waals surface area contributed by atoms with E-state index in [2.05, 4.69) is 54.7 Å². The number of aromatic nitrogens is 1. The molecule has 1 unspecified atom stereocenters. The number of carbonyl (C=O) groups is 6. The fraction of sp³-hybridized carbons (Fsp3) is 0.489. The predicted molar refractivity (Wildman–Crippen MR) is 246 cm³/mol. The van der Waals surface area contributed by atoms with Crippen LogP contribution in [0.5, 0.6) is 0 Å². The minimum absolute atomic E-state index is 0.00912. The molecule has 1 atom stereocenters. The van der Waals surface area contributed by atoms with Crippen LogP contribution in [0.4, 0.5) is 20.2 Å². The number of nitrogens with one attached hydrogen (secondary N) is 3. The Morgan fingerprint density at radius 1 is 0.881 bits per heavy atom. The maximum Gasteiger partial charge on any atom is 0.317 e. The third-order valence-electron chi connectivity index (χ3n) is 12.4. The number of para-hydroxylation sites is 1. The van der Waals surface area contributed by atoms with E-state index in [9.17, 15) is 43.1 Å². The molecule has 5 N–H and O–H groups in total. The van der Waals surface area contributed by atoms with E-state index in [0.717, 1.165) is 62.0 Å². The number of halogens is 2. The zero-order valence-corrected chi connectivity index (χ0v) is 38.0. The summed E-state index contributed by atoms with van der Waals surface area (Å²) in [5.74, 6) is -5.99. The van der Waals surface area contributed by atoms with Crippen molar-refractivity contribution in [3.63, 3.8) is 0 Å². The van der Waals surface area contributed by atoms with Crippen LogP contribution in [0.15, 0.2) is 54.7 Å². The van der Waals surface area contributed by atoms with Gasteiger partial charge in [-0.05, 0) is 48.6 Å². The molecule has 0 saturated carbocycles. The maximum absolute atomic E-state index is 13.8. The Morgan fingerprint density at radius 2 is 1.52 bits per heavy atom. The van der Waals surface area contributed by atoms with Crippen molar-refractivity contribution in [3.8, 4) is 6.07 Å². The minimum Gasteiger partial charge on any atom is -0.483 e. The number of nitrogens with zero attached hydrogens (tertiary/aromatic N) is 8. The number of carboxylic acid groups (broad SMARTS) is 2. The summed E-state index contributed by atoms with van der Waals surface area (Å²) >= 11 is 5.72. The number of likely N-dealkylation sites (tertiary alicyclic amines) is 3. The molecule has 5 heterocycles. The Bertz CT molecular complexity index is 2360. The molecule has 1 spiro atoms. The van der Waals surface area contributed by atoms with E-state index in [1.165, 1.54) is 12.3 Å². The lowest BCUT2D eigenvalue weighted by Crippen LogP contribution is -2.74. The van der Waals surface area contributed by atoms with E-state index in [1.807, 2.05) is 17.0 Å². The van der Waals surface area contributed by atoms with Gasteiger partial charge in [-0.25, -0.2) is 8.78 Å². The van der Waals surface area contributed by atoms with E-state index < -0.39 is 55.2 Å². The summed E-state index contributed by atoms with van der Waals surface area (Å²) in [6, 6.07) is 14.9. The molecular weight excluding hydrogens is 893 g/mol. The summed E-state index contributed by atoms with van der Waals surface area (Å²) < 4.78 is 27.6. The number of rotatable bonds is 13. The first-order valence-corrected chi connectivity index (χ1v) is 22.4. The van der Waals surface area contributed by atoms with Gasteiger partial charge in [0.05, 0.1) is 42.5 Å². The van der Waals surface area contributed by atoms with Gasteiger partial charge in [-0.1, -0.05) is 31.2 Å². The topological polar surface area (TPSA) is 235 Å². The molecular formula is C45H55F2N11O8S. The number of carbonyl (C=O) groups excluding carboxylic acids is 4. The largest absolute Gasteiger partial charge is 0.483 e. The number of aliphatic carboxylic acids is 1. The third kappa shape index (κ3) is 13.2. The highest BCUT2D eigenvalue weighted by atomic mass is 32.1. The van der Waals surface area contributed by atoms with Crippen LogP contribution in [0.2, 0.25) is 0 Å². The molecule has 358 valence electrons. The summed E-state index contributed by atoms with van der Waals surface area (Å²) in [6.45, 7) is 9.66. The second-order valence-electron chi connectivity index (χ2n) is 17.2. The molecule has 7 rings (SSSR count). The van der Waals surface area contributed by atoms with Gasteiger partial charge in [0.2, 0.25) is 17.7 Å². The van der Waals surface area contributed by atoms with Gasteiger partial charge in [0.1, 0.15) is 6.04 Å². The highest BCUT2D eigenvalue weighted by Crippen LogP contribution is 2.40. The lowest BCUT2D eigenvalue weighted by Gasteiger charge is -2.60. The van der Waals surface area contributed by atoms with E-state index in [1.54, 1.807) is 29.2 Å². The second-order valence-corrected chi connectivity index (χ2v) is 17.6. The number of thiocarbonyl (C=S) groups is 1. The summed E-state index contributed by atoms with van der Waals surface area (Å²) in [6.07, 6.45) is 0.551. The Hall–Kier alpha value is -6.41. The van der Waals surface area contributed by atoms with Gasteiger partial charge in [0, 0.05) is 114 Å². The summed E-state index contributed by atoms with van der Waals surface area (Å²) in [5.41, 5.74) is 2.77. The zero-order valence-electron chi connectivity index (χ0n) is 37.2. The molecule has 2 aromatic carbocycles. The van der Waals surface area contributed by atoms with Crippen molar-refractivity contribution in [2.75, 3.05) is 102 Å². The van der Waals surface area contributed by atoms with Crippen LogP contribution in [-0.4, -0.2) is 189 Å². The molecule has 1 aromatic heterocycles. The number of anilines is 2. The standard InChI is InChI=1S/C44H53F2N11O6S.CH2O2/c1-2-52-14-16-53(18-19-54(17-15-52)24-39(61)62)23-30-6-8-31(9-7-30)50-42(64)56-27-43(28-56)25-55(26-43)37(59)11-10-36(58)51-35-5-3-4-33-34(12-13-48-40(33)35)41(63)49-22-38(60)57-29-44(45,46)20-32(57)21-47;2-1-3/h3-9,12-13,32H,2,10-11,14-20,22-29H2,1H3,(H,49,63)(H,50,64)(H,51,58)(H,61,62);1H,(H,2,3). The number of nitriles is 1. The van der Waals surface area contributed by atoms with Crippen LogP contribution >= 0.6 is 12.2 Å². The molecule has 4 aliphatic heterocycles. The van der Waals surface area contributed by atoms with Crippen LogP contribution in [0.25, 0.3) is 10.9 Å². The Kier molecular flexibility index (Phi) is 16.7. The van der Waals surface area contributed by atoms with Crippen molar-refractivity contribution in [3.05, 3.63) is 65.9 Å². The molecule has 67 heavy (non-hydrogen) atoms. The van der Waals surface area contributed by atoms with Crippen LogP contribution in [0.3, 0.4) is 0 Å². The summed E-state index contributed by atoms with van der Waals surface area (Å²) in [7, 11) is 0. The van der Waals surface area contributed by atoms with Crippen molar-refractivity contribution in [2.45, 2.75) is 44.7 Å². The highest BCUT2D eigenvalue weighted by Gasteiger charge is 2.53. The predicted octanol–water partition coefficient (Wildman–Crippen LogP) is 2.21. The summed E-state index contributed by atoms with van der Waals surface area (Å²) in [4.78, 5) is 87.2. The number of likely N-dealkylation sites (N-methyl/N-ethyl adjacent to an activating group) is 1. The number of pyridine rings is 1. The molecule has 3 aromatic rings. The lowest BCUT2D eigenvalue weighted by atomic mass is 9.73. The monoisotopic (exact) mass is 947 g/mol. The average Bonchev–Trinajstić information content (AvgIpc) is 3.63. The quantitative estimate of drug-likeness (QED) is 0.122. The van der Waals surface area contributed by atoms with Gasteiger partial charge >= 0.3 is 5.97 Å². The number of hydrogen-bond donors (Lipinski definition) is 5. The first kappa shape index (κ1) is 50.0. The fourth-order valence-electron chi connectivity index (χ4n) is 8.82. The molecule has 0 radical (unpaired) electrons. The smallest absolute Gasteiger partial charge is 0.317 e. The number of carboxylic acids is 1. The third-order valence-corrected chi connectivity index (χ3v) is 12.7.